The Labute approximate surface area is 156 Å². The first kappa shape index (κ1) is 22.4. The molecular weight excluding hydrogens is 308 g/mol. The lowest BCUT2D eigenvalue weighted by molar-refractivity contribution is -0.122. The lowest BCUT2D eigenvalue weighted by atomic mass is 9.87. The summed E-state index contributed by atoms with van der Waals surface area (Å²) in [5, 5.41) is 8.73. The minimum Gasteiger partial charge on any atom is -0.396 e. The van der Waals surface area contributed by atoms with Crippen molar-refractivity contribution in [3.8, 4) is 0 Å². The molecule has 2 heteroatoms. The summed E-state index contributed by atoms with van der Waals surface area (Å²) in [5.41, 5.74) is 2.34. The van der Waals surface area contributed by atoms with E-state index in [9.17, 15) is 4.79 Å². The van der Waals surface area contributed by atoms with Crippen molar-refractivity contribution in [2.75, 3.05) is 6.61 Å². The van der Waals surface area contributed by atoms with Crippen LogP contribution < -0.4 is 0 Å². The molecule has 0 unspecified atom stereocenters. The highest BCUT2D eigenvalue weighted by Crippen LogP contribution is 2.39. The Bertz CT molecular complexity index is 406. The topological polar surface area (TPSA) is 37.3 Å². The molecule has 0 aliphatic heterocycles. The molecule has 0 radical (unpaired) electrons. The van der Waals surface area contributed by atoms with Gasteiger partial charge in [0.1, 0.15) is 0 Å². The normalized spacial score (nSPS) is 16.9. The lowest BCUT2D eigenvalue weighted by Gasteiger charge is -2.15. The second kappa shape index (κ2) is 12.7. The van der Waals surface area contributed by atoms with E-state index in [-0.39, 0.29) is 5.41 Å². The molecule has 0 saturated heterocycles. The van der Waals surface area contributed by atoms with Gasteiger partial charge in [0, 0.05) is 12.0 Å². The van der Waals surface area contributed by atoms with Crippen molar-refractivity contribution in [1.82, 2.24) is 0 Å². The number of unbranched alkanes of at least 4 members (excludes halogenated alkanes) is 12. The summed E-state index contributed by atoms with van der Waals surface area (Å²) in [6, 6.07) is 0. The fourth-order valence-corrected chi connectivity index (χ4v) is 4.09. The van der Waals surface area contributed by atoms with Crippen molar-refractivity contribution < 1.29 is 9.90 Å². The van der Waals surface area contributed by atoms with Gasteiger partial charge in [0.2, 0.25) is 0 Å². The highest BCUT2D eigenvalue weighted by atomic mass is 16.2. The number of carbonyl (C=O) groups excluding carboxylic acids is 1. The van der Waals surface area contributed by atoms with Crippen molar-refractivity contribution in [3.63, 3.8) is 0 Å². The third-order valence-electron chi connectivity index (χ3n) is 5.78. The van der Waals surface area contributed by atoms with E-state index in [0.717, 1.165) is 24.8 Å². The van der Waals surface area contributed by atoms with Crippen LogP contribution in [0.1, 0.15) is 117 Å². The molecule has 0 heterocycles. The van der Waals surface area contributed by atoms with Crippen molar-refractivity contribution in [2.24, 2.45) is 5.41 Å². The van der Waals surface area contributed by atoms with Crippen LogP contribution in [0.3, 0.4) is 0 Å². The van der Waals surface area contributed by atoms with Crippen molar-refractivity contribution >= 4 is 5.78 Å². The van der Waals surface area contributed by atoms with Gasteiger partial charge in [0.15, 0.2) is 5.78 Å². The molecule has 1 N–H and O–H groups in total. The maximum atomic E-state index is 12.1. The Hall–Kier alpha value is -0.630. The predicted octanol–water partition coefficient (Wildman–Crippen LogP) is 6.76. The number of rotatable bonds is 15. The molecule has 25 heavy (non-hydrogen) atoms. The van der Waals surface area contributed by atoms with Gasteiger partial charge < -0.3 is 5.11 Å². The Kier molecular flexibility index (Phi) is 11.4. The summed E-state index contributed by atoms with van der Waals surface area (Å²) < 4.78 is 0. The molecule has 1 rings (SSSR count). The Morgan fingerprint density at radius 3 is 1.52 bits per heavy atom. The molecule has 0 atom stereocenters. The van der Waals surface area contributed by atoms with Gasteiger partial charge in [-0.25, -0.2) is 0 Å². The first-order chi connectivity index (χ1) is 12.0. The Morgan fingerprint density at radius 1 is 0.760 bits per heavy atom. The van der Waals surface area contributed by atoms with E-state index in [2.05, 4.69) is 13.8 Å². The molecule has 0 fully saturated rings. The van der Waals surface area contributed by atoms with Gasteiger partial charge in [-0.2, -0.15) is 0 Å². The lowest BCUT2D eigenvalue weighted by Crippen LogP contribution is -2.18. The standard InChI is InChI=1S/C23H42O2/c1-20-21(19-23(2,3)22(20)25)17-15-13-11-9-7-5-4-6-8-10-12-14-16-18-24/h24H,4-19H2,1-3H3. The third kappa shape index (κ3) is 9.03. The van der Waals surface area contributed by atoms with Crippen LogP contribution >= 0.6 is 0 Å². The third-order valence-corrected chi connectivity index (χ3v) is 5.78. The van der Waals surface area contributed by atoms with Crippen molar-refractivity contribution in [3.05, 3.63) is 11.1 Å². The fraction of sp³-hybridized carbons (Fsp3) is 0.870. The minimum atomic E-state index is -0.141. The monoisotopic (exact) mass is 350 g/mol. The van der Waals surface area contributed by atoms with Crippen LogP contribution in [0.5, 0.6) is 0 Å². The minimum absolute atomic E-state index is 0.141. The van der Waals surface area contributed by atoms with Crippen LogP contribution in [0.15, 0.2) is 11.1 Å². The molecule has 0 saturated carbocycles. The molecule has 0 spiro atoms. The van der Waals surface area contributed by atoms with E-state index < -0.39 is 0 Å². The van der Waals surface area contributed by atoms with Crippen molar-refractivity contribution in [1.29, 1.82) is 0 Å². The molecular formula is C23H42O2. The van der Waals surface area contributed by atoms with Gasteiger partial charge in [0.25, 0.3) is 0 Å². The maximum Gasteiger partial charge on any atom is 0.164 e. The molecule has 146 valence electrons. The van der Waals surface area contributed by atoms with E-state index in [0.29, 0.717) is 12.4 Å². The average molecular weight is 351 g/mol. The molecule has 1 aliphatic carbocycles. The van der Waals surface area contributed by atoms with Crippen LogP contribution in [-0.4, -0.2) is 17.5 Å². The summed E-state index contributed by atoms with van der Waals surface area (Å²) in [5.74, 6) is 0.371. The van der Waals surface area contributed by atoms with Crippen LogP contribution in [0.4, 0.5) is 0 Å². The first-order valence-electron chi connectivity index (χ1n) is 10.8. The van der Waals surface area contributed by atoms with E-state index in [1.807, 2.05) is 6.92 Å². The number of ketones is 1. The smallest absolute Gasteiger partial charge is 0.164 e. The molecule has 1 aliphatic rings. The molecule has 0 bridgehead atoms. The molecule has 0 aromatic rings. The quantitative estimate of drug-likeness (QED) is 0.331. The van der Waals surface area contributed by atoms with Crippen molar-refractivity contribution in [2.45, 2.75) is 117 Å². The summed E-state index contributed by atoms with van der Waals surface area (Å²) in [6.45, 7) is 6.55. The molecule has 0 aromatic heterocycles. The number of aliphatic hydroxyl groups excluding tert-OH is 1. The zero-order valence-electron chi connectivity index (χ0n) is 17.2. The predicted molar refractivity (Wildman–Crippen MR) is 108 cm³/mol. The summed E-state index contributed by atoms with van der Waals surface area (Å²) in [7, 11) is 0. The second-order valence-corrected chi connectivity index (χ2v) is 8.69. The Morgan fingerprint density at radius 2 is 1.16 bits per heavy atom. The fourth-order valence-electron chi connectivity index (χ4n) is 4.09. The van der Waals surface area contributed by atoms with Crippen LogP contribution in [0.25, 0.3) is 0 Å². The highest BCUT2D eigenvalue weighted by Gasteiger charge is 2.36. The number of hydrogen-bond donors (Lipinski definition) is 1. The van der Waals surface area contributed by atoms with Gasteiger partial charge in [-0.1, -0.05) is 90.0 Å². The van der Waals surface area contributed by atoms with Crippen LogP contribution in [0, 0.1) is 5.41 Å². The van der Waals surface area contributed by atoms with Gasteiger partial charge in [-0.3, -0.25) is 4.79 Å². The summed E-state index contributed by atoms with van der Waals surface area (Å²) >= 11 is 0. The number of allylic oxidation sites excluding steroid dienone is 2. The van der Waals surface area contributed by atoms with Gasteiger partial charge in [-0.15, -0.1) is 0 Å². The Balaban J connectivity index is 1.88. The van der Waals surface area contributed by atoms with Gasteiger partial charge >= 0.3 is 0 Å². The maximum absolute atomic E-state index is 12.1. The van der Waals surface area contributed by atoms with E-state index >= 15 is 0 Å². The summed E-state index contributed by atoms with van der Waals surface area (Å²) in [6.07, 6.45) is 19.1. The number of carbonyl (C=O) groups is 1. The highest BCUT2D eigenvalue weighted by molar-refractivity contribution is 6.02. The van der Waals surface area contributed by atoms with Crippen LogP contribution in [-0.2, 0) is 4.79 Å². The van der Waals surface area contributed by atoms with Crippen LogP contribution in [0.2, 0.25) is 0 Å². The largest absolute Gasteiger partial charge is 0.396 e. The zero-order valence-corrected chi connectivity index (χ0v) is 17.2. The SMILES string of the molecule is CC1=C(CCCCCCCCCCCCCCCO)CC(C)(C)C1=O. The number of Topliss-reactive ketones (excluding diaryl/α,β-unsaturated/α-hetero) is 1. The first-order valence-corrected chi connectivity index (χ1v) is 10.8. The number of hydrogen-bond acceptors (Lipinski definition) is 2. The summed E-state index contributed by atoms with van der Waals surface area (Å²) in [4.78, 5) is 12.1. The second-order valence-electron chi connectivity index (χ2n) is 8.69. The average Bonchev–Trinajstić information content (AvgIpc) is 2.78. The van der Waals surface area contributed by atoms with Gasteiger partial charge in [0.05, 0.1) is 0 Å². The molecule has 2 nitrogen and oxygen atoms in total. The van der Waals surface area contributed by atoms with E-state index in [4.69, 9.17) is 5.11 Å². The zero-order chi connectivity index (χ0) is 18.5. The van der Waals surface area contributed by atoms with Gasteiger partial charge in [-0.05, 0) is 38.2 Å². The molecule has 0 aromatic carbocycles. The van der Waals surface area contributed by atoms with E-state index in [1.54, 1.807) is 0 Å². The van der Waals surface area contributed by atoms with E-state index in [1.165, 1.54) is 82.6 Å². The number of aliphatic hydroxyl groups is 1. The molecule has 0 amide bonds.